The summed E-state index contributed by atoms with van der Waals surface area (Å²) in [6.07, 6.45) is 1.33. The van der Waals surface area contributed by atoms with Gasteiger partial charge in [0.25, 0.3) is 0 Å². The molecule has 3 aromatic rings. The number of hydrogen-bond acceptors (Lipinski definition) is 5. The second-order valence-corrected chi connectivity index (χ2v) is 5.72. The smallest absolute Gasteiger partial charge is 0.341 e. The van der Waals surface area contributed by atoms with Crippen LogP contribution in [0.4, 0.5) is 0 Å². The topological polar surface area (TPSA) is 54.0 Å². The van der Waals surface area contributed by atoms with Crippen molar-refractivity contribution in [3.05, 3.63) is 90.7 Å². The van der Waals surface area contributed by atoms with Gasteiger partial charge >= 0.3 is 5.97 Å². The van der Waals surface area contributed by atoms with Gasteiger partial charge in [0.2, 0.25) is 0 Å². The van der Waals surface area contributed by atoms with E-state index >= 15 is 0 Å². The Labute approximate surface area is 163 Å². The Morgan fingerprint density at radius 2 is 1.29 bits per heavy atom. The summed E-state index contributed by atoms with van der Waals surface area (Å²) in [6.45, 7) is 0. The second-order valence-electron chi connectivity index (χ2n) is 5.72. The van der Waals surface area contributed by atoms with E-state index in [1.54, 1.807) is 24.3 Å². The molecule has 0 spiro atoms. The molecule has 0 aliphatic rings. The van der Waals surface area contributed by atoms with E-state index < -0.39 is 5.97 Å². The fourth-order valence-electron chi connectivity index (χ4n) is 2.58. The van der Waals surface area contributed by atoms with Gasteiger partial charge in [-0.1, -0.05) is 48.5 Å². The molecule has 0 N–H and O–H groups in total. The van der Waals surface area contributed by atoms with Crippen molar-refractivity contribution in [2.45, 2.75) is 0 Å². The van der Waals surface area contributed by atoms with Gasteiger partial charge in [0.05, 0.1) is 20.5 Å². The summed E-state index contributed by atoms with van der Waals surface area (Å²) in [5.41, 5.74) is 0.799. The maximum absolute atomic E-state index is 12.2. The van der Waals surface area contributed by atoms with Crippen molar-refractivity contribution in [1.82, 2.24) is 0 Å². The molecule has 5 heteroatoms. The zero-order chi connectivity index (χ0) is 19.8. The van der Waals surface area contributed by atoms with Crippen molar-refractivity contribution in [3.63, 3.8) is 0 Å². The number of esters is 1. The third-order valence-electron chi connectivity index (χ3n) is 3.86. The number of rotatable bonds is 7. The zero-order valence-electron chi connectivity index (χ0n) is 15.6. The van der Waals surface area contributed by atoms with Crippen molar-refractivity contribution >= 4 is 11.5 Å². The van der Waals surface area contributed by atoms with Crippen LogP contribution in [0.15, 0.2) is 85.1 Å². The molecule has 0 saturated heterocycles. The number of benzene rings is 3. The van der Waals surface area contributed by atoms with E-state index in [1.807, 2.05) is 54.6 Å². The van der Waals surface area contributed by atoms with Gasteiger partial charge in [-0.05, 0) is 30.3 Å². The molecule has 5 nitrogen and oxygen atoms in total. The Hall–Kier alpha value is -3.73. The average Bonchev–Trinajstić information content (AvgIpc) is 2.74. The molecule has 0 radical (unpaired) electrons. The monoisotopic (exact) mass is 376 g/mol. The summed E-state index contributed by atoms with van der Waals surface area (Å²) in [5.74, 6) is 1.72. The number of carbonyl (C=O) groups is 1. The SMILES string of the molecule is CO/C=C(/C(=O)OC)c1ccccc1Oc1ccccc1Oc1ccccc1. The second kappa shape index (κ2) is 9.28. The summed E-state index contributed by atoms with van der Waals surface area (Å²) >= 11 is 0. The van der Waals surface area contributed by atoms with Gasteiger partial charge in [-0.15, -0.1) is 0 Å². The van der Waals surface area contributed by atoms with Crippen molar-refractivity contribution in [1.29, 1.82) is 0 Å². The molecule has 142 valence electrons. The Morgan fingerprint density at radius 1 is 0.714 bits per heavy atom. The predicted octanol–water partition coefficient (Wildman–Crippen LogP) is 5.43. The van der Waals surface area contributed by atoms with Crippen LogP contribution in [0, 0.1) is 0 Å². The predicted molar refractivity (Wildman–Crippen MR) is 106 cm³/mol. The third-order valence-corrected chi connectivity index (χ3v) is 3.86. The maximum Gasteiger partial charge on any atom is 0.341 e. The first-order valence-corrected chi connectivity index (χ1v) is 8.63. The van der Waals surface area contributed by atoms with Crippen molar-refractivity contribution in [2.75, 3.05) is 14.2 Å². The third kappa shape index (κ3) is 4.51. The minimum absolute atomic E-state index is 0.252. The van der Waals surface area contributed by atoms with Gasteiger partial charge in [-0.25, -0.2) is 4.79 Å². The van der Waals surface area contributed by atoms with Crippen molar-refractivity contribution < 1.29 is 23.7 Å². The Kier molecular flexibility index (Phi) is 6.31. The van der Waals surface area contributed by atoms with Gasteiger partial charge < -0.3 is 18.9 Å². The lowest BCUT2D eigenvalue weighted by Crippen LogP contribution is -2.05. The molecule has 0 fully saturated rings. The highest BCUT2D eigenvalue weighted by atomic mass is 16.5. The lowest BCUT2D eigenvalue weighted by atomic mass is 10.1. The summed E-state index contributed by atoms with van der Waals surface area (Å²) in [7, 11) is 2.79. The average molecular weight is 376 g/mol. The first-order valence-electron chi connectivity index (χ1n) is 8.63. The van der Waals surface area contributed by atoms with E-state index in [0.29, 0.717) is 28.6 Å². The Morgan fingerprint density at radius 3 is 1.93 bits per heavy atom. The van der Waals surface area contributed by atoms with Crippen LogP contribution in [0.3, 0.4) is 0 Å². The summed E-state index contributed by atoms with van der Waals surface area (Å²) in [5, 5.41) is 0. The molecule has 3 aromatic carbocycles. The van der Waals surface area contributed by atoms with Crippen LogP contribution >= 0.6 is 0 Å². The van der Waals surface area contributed by atoms with Crippen LogP contribution in [0.1, 0.15) is 5.56 Å². The van der Waals surface area contributed by atoms with E-state index in [1.165, 1.54) is 20.5 Å². The molecule has 0 heterocycles. The minimum Gasteiger partial charge on any atom is -0.503 e. The molecule has 0 saturated carbocycles. The molecule has 3 rings (SSSR count). The van der Waals surface area contributed by atoms with Crippen molar-refractivity contribution in [3.8, 4) is 23.0 Å². The first kappa shape index (κ1) is 19.0. The summed E-state index contributed by atoms with van der Waals surface area (Å²) in [4.78, 5) is 12.2. The molecule has 0 unspecified atom stereocenters. The normalized spacial score (nSPS) is 10.9. The molecule has 0 aliphatic heterocycles. The van der Waals surface area contributed by atoms with Crippen LogP contribution in [0.25, 0.3) is 5.57 Å². The van der Waals surface area contributed by atoms with E-state index in [-0.39, 0.29) is 5.57 Å². The minimum atomic E-state index is -0.522. The fourth-order valence-corrected chi connectivity index (χ4v) is 2.58. The number of ether oxygens (including phenoxy) is 4. The summed E-state index contributed by atoms with van der Waals surface area (Å²) in [6, 6.07) is 23.9. The van der Waals surface area contributed by atoms with E-state index in [2.05, 4.69) is 0 Å². The number of carbonyl (C=O) groups excluding carboxylic acids is 1. The molecular formula is C23H20O5. The molecule has 28 heavy (non-hydrogen) atoms. The van der Waals surface area contributed by atoms with Gasteiger partial charge in [-0.2, -0.15) is 0 Å². The molecule has 0 atom stereocenters. The van der Waals surface area contributed by atoms with Gasteiger partial charge in [-0.3, -0.25) is 0 Å². The van der Waals surface area contributed by atoms with Gasteiger partial charge in [0, 0.05) is 5.56 Å². The van der Waals surface area contributed by atoms with Gasteiger partial charge in [0.15, 0.2) is 11.5 Å². The quantitative estimate of drug-likeness (QED) is 0.313. The number of para-hydroxylation sites is 4. The maximum atomic E-state index is 12.2. The lowest BCUT2D eigenvalue weighted by molar-refractivity contribution is -0.133. The van der Waals surface area contributed by atoms with Crippen LogP contribution < -0.4 is 9.47 Å². The number of methoxy groups -OCH3 is 2. The highest BCUT2D eigenvalue weighted by Gasteiger charge is 2.19. The van der Waals surface area contributed by atoms with E-state index in [9.17, 15) is 4.79 Å². The highest BCUT2D eigenvalue weighted by molar-refractivity contribution is 6.17. The fraction of sp³-hybridized carbons (Fsp3) is 0.0870. The van der Waals surface area contributed by atoms with Gasteiger partial charge in [0.1, 0.15) is 17.1 Å². The summed E-state index contributed by atoms with van der Waals surface area (Å²) < 4.78 is 22.0. The largest absolute Gasteiger partial charge is 0.503 e. The molecule has 0 amide bonds. The standard InChI is InChI=1S/C23H20O5/c1-25-16-19(23(24)26-2)18-12-6-7-13-20(18)28-22-15-9-8-14-21(22)27-17-10-4-3-5-11-17/h3-16H,1-2H3/b19-16+. The first-order chi connectivity index (χ1) is 13.7. The Balaban J connectivity index is 1.95. The van der Waals surface area contributed by atoms with E-state index in [0.717, 1.165) is 0 Å². The number of hydrogen-bond donors (Lipinski definition) is 0. The zero-order valence-corrected chi connectivity index (χ0v) is 15.6. The van der Waals surface area contributed by atoms with Crippen LogP contribution in [0.5, 0.6) is 23.0 Å². The lowest BCUT2D eigenvalue weighted by Gasteiger charge is -2.15. The highest BCUT2D eigenvalue weighted by Crippen LogP contribution is 2.37. The van der Waals surface area contributed by atoms with Crippen LogP contribution in [0.2, 0.25) is 0 Å². The van der Waals surface area contributed by atoms with Crippen molar-refractivity contribution in [2.24, 2.45) is 0 Å². The van der Waals surface area contributed by atoms with Crippen LogP contribution in [-0.2, 0) is 14.3 Å². The molecule has 0 bridgehead atoms. The van der Waals surface area contributed by atoms with E-state index in [4.69, 9.17) is 18.9 Å². The van der Waals surface area contributed by atoms with Crippen LogP contribution in [-0.4, -0.2) is 20.2 Å². The molecule has 0 aromatic heterocycles. The Bertz CT molecular complexity index is 963. The molecule has 0 aliphatic carbocycles. The molecular weight excluding hydrogens is 356 g/mol.